The van der Waals surface area contributed by atoms with Gasteiger partial charge in [-0.2, -0.15) is 0 Å². The van der Waals surface area contributed by atoms with Crippen LogP contribution in [0.15, 0.2) is 48.9 Å². The van der Waals surface area contributed by atoms with Crippen LogP contribution in [0, 0.1) is 12.7 Å². The Bertz CT molecular complexity index is 1140. The molecular formula is C20H13ClFN5. The molecule has 0 radical (unpaired) electrons. The van der Waals surface area contributed by atoms with Gasteiger partial charge < -0.3 is 10.3 Å². The van der Waals surface area contributed by atoms with Crippen LogP contribution in [0.25, 0.3) is 33.9 Å². The Balaban J connectivity index is 1.84. The third-order valence-electron chi connectivity index (χ3n) is 4.63. The summed E-state index contributed by atoms with van der Waals surface area (Å²) < 4.78 is 14.8. The zero-order chi connectivity index (χ0) is 18.5. The number of hydrogen-bond donors (Lipinski definition) is 2. The van der Waals surface area contributed by atoms with Gasteiger partial charge in [-0.05, 0) is 36.8 Å². The molecule has 2 N–H and O–H groups in total. The number of aromatic amines is 1. The lowest BCUT2D eigenvalue weighted by atomic mass is 10.1. The quantitative estimate of drug-likeness (QED) is 0.412. The van der Waals surface area contributed by atoms with Crippen LogP contribution >= 0.6 is 11.6 Å². The second kappa shape index (κ2) is 5.89. The van der Waals surface area contributed by atoms with Gasteiger partial charge in [-0.15, -0.1) is 0 Å². The topological polar surface area (TPSA) is 66.5 Å². The summed E-state index contributed by atoms with van der Waals surface area (Å²) in [4.78, 5) is 16.6. The van der Waals surface area contributed by atoms with Gasteiger partial charge in [-0.25, -0.2) is 14.4 Å². The summed E-state index contributed by atoms with van der Waals surface area (Å²) in [7, 11) is 0. The lowest BCUT2D eigenvalue weighted by Crippen LogP contribution is -1.96. The van der Waals surface area contributed by atoms with Gasteiger partial charge in [-0.3, -0.25) is 4.98 Å². The normalized spacial score (nSPS) is 11.8. The number of aromatic nitrogens is 4. The first-order chi connectivity index (χ1) is 13.1. The Hall–Kier alpha value is -3.25. The number of anilines is 2. The summed E-state index contributed by atoms with van der Waals surface area (Å²) in [6.07, 6.45) is 5.13. The minimum atomic E-state index is -0.383. The number of aryl methyl sites for hydroxylation is 1. The van der Waals surface area contributed by atoms with E-state index in [1.807, 2.05) is 18.2 Å². The van der Waals surface area contributed by atoms with Gasteiger partial charge in [0.2, 0.25) is 0 Å². The highest BCUT2D eigenvalue weighted by atomic mass is 35.5. The van der Waals surface area contributed by atoms with Crippen LogP contribution in [0.3, 0.4) is 0 Å². The zero-order valence-electron chi connectivity index (χ0n) is 14.2. The summed E-state index contributed by atoms with van der Waals surface area (Å²) in [5.74, 6) is 0.663. The predicted molar refractivity (Wildman–Crippen MR) is 103 cm³/mol. The number of benzene rings is 1. The summed E-state index contributed by atoms with van der Waals surface area (Å²) >= 11 is 6.30. The smallest absolute Gasteiger partial charge is 0.143 e. The first-order valence-corrected chi connectivity index (χ1v) is 8.73. The Morgan fingerprint density at radius 2 is 1.96 bits per heavy atom. The summed E-state index contributed by atoms with van der Waals surface area (Å²) in [5, 5.41) is 3.60. The molecule has 1 aliphatic rings. The molecule has 7 heteroatoms. The minimum Gasteiger partial charge on any atom is -0.338 e. The van der Waals surface area contributed by atoms with Crippen molar-refractivity contribution in [3.63, 3.8) is 0 Å². The molecule has 132 valence electrons. The molecule has 0 aliphatic carbocycles. The van der Waals surface area contributed by atoms with Crippen molar-refractivity contribution in [3.8, 4) is 33.9 Å². The number of H-pyrrole nitrogens is 1. The minimum absolute atomic E-state index is 0.263. The maximum atomic E-state index is 14.8. The fourth-order valence-electron chi connectivity index (χ4n) is 3.29. The Morgan fingerprint density at radius 3 is 2.85 bits per heavy atom. The van der Waals surface area contributed by atoms with E-state index in [0.29, 0.717) is 27.9 Å². The maximum absolute atomic E-state index is 14.8. The standard InChI is InChI=1S/C20H13ClFN5/c1-10-4-5-13(21)15(16(10)22)20-26-17-11-6-8-23-9-14(11)25-19-12(18(17)27-20)3-2-7-24-19/h2-9H,1H3,(H,24,25)(H,26,27). The van der Waals surface area contributed by atoms with Crippen LogP contribution in [-0.2, 0) is 0 Å². The highest BCUT2D eigenvalue weighted by molar-refractivity contribution is 6.33. The second-order valence-corrected chi connectivity index (χ2v) is 6.72. The molecule has 0 unspecified atom stereocenters. The van der Waals surface area contributed by atoms with Crippen molar-refractivity contribution >= 4 is 23.1 Å². The molecule has 0 fully saturated rings. The molecule has 0 amide bonds. The Kier molecular flexibility index (Phi) is 3.48. The van der Waals surface area contributed by atoms with Crippen molar-refractivity contribution in [2.75, 3.05) is 5.32 Å². The summed E-state index contributed by atoms with van der Waals surface area (Å²) in [6.45, 7) is 1.70. The molecule has 27 heavy (non-hydrogen) atoms. The fourth-order valence-corrected chi connectivity index (χ4v) is 3.53. The van der Waals surface area contributed by atoms with E-state index in [2.05, 4.69) is 20.3 Å². The van der Waals surface area contributed by atoms with Crippen molar-refractivity contribution in [2.24, 2.45) is 0 Å². The number of rotatable bonds is 1. The van der Waals surface area contributed by atoms with Gasteiger partial charge in [0, 0.05) is 23.5 Å². The van der Waals surface area contributed by atoms with Gasteiger partial charge >= 0.3 is 0 Å². The van der Waals surface area contributed by atoms with Crippen molar-refractivity contribution in [1.29, 1.82) is 0 Å². The van der Waals surface area contributed by atoms with Crippen molar-refractivity contribution in [1.82, 2.24) is 19.9 Å². The van der Waals surface area contributed by atoms with Crippen molar-refractivity contribution in [3.05, 3.63) is 65.3 Å². The van der Waals surface area contributed by atoms with Crippen LogP contribution in [-0.4, -0.2) is 19.9 Å². The number of fused-ring (bicyclic) bond motifs is 5. The van der Waals surface area contributed by atoms with E-state index in [9.17, 15) is 4.39 Å². The van der Waals surface area contributed by atoms with E-state index < -0.39 is 0 Å². The number of hydrogen-bond acceptors (Lipinski definition) is 4. The van der Waals surface area contributed by atoms with Crippen molar-refractivity contribution < 1.29 is 4.39 Å². The molecule has 1 aliphatic heterocycles. The maximum Gasteiger partial charge on any atom is 0.143 e. The Labute approximate surface area is 159 Å². The van der Waals surface area contributed by atoms with E-state index in [1.54, 1.807) is 37.6 Å². The fraction of sp³-hybridized carbons (Fsp3) is 0.0500. The van der Waals surface area contributed by atoms with Gasteiger partial charge in [0.15, 0.2) is 0 Å². The molecule has 5 nitrogen and oxygen atoms in total. The number of halogens is 2. The van der Waals surface area contributed by atoms with Crippen LogP contribution < -0.4 is 5.32 Å². The molecule has 0 saturated carbocycles. The van der Waals surface area contributed by atoms with E-state index in [0.717, 1.165) is 22.5 Å². The molecular weight excluding hydrogens is 365 g/mol. The van der Waals surface area contributed by atoms with Crippen LogP contribution in [0.4, 0.5) is 15.9 Å². The van der Waals surface area contributed by atoms with Crippen molar-refractivity contribution in [2.45, 2.75) is 6.92 Å². The third kappa shape index (κ3) is 2.41. The van der Waals surface area contributed by atoms with Crippen LogP contribution in [0.2, 0.25) is 5.02 Å². The van der Waals surface area contributed by atoms with E-state index in [-0.39, 0.29) is 11.4 Å². The van der Waals surface area contributed by atoms with Gasteiger partial charge in [0.05, 0.1) is 28.2 Å². The lowest BCUT2D eigenvalue weighted by Gasteiger charge is -2.08. The molecule has 0 atom stereocenters. The van der Waals surface area contributed by atoms with E-state index >= 15 is 0 Å². The second-order valence-electron chi connectivity index (χ2n) is 6.31. The molecule has 5 rings (SSSR count). The highest BCUT2D eigenvalue weighted by Gasteiger charge is 2.25. The molecule has 0 spiro atoms. The highest BCUT2D eigenvalue weighted by Crippen LogP contribution is 2.43. The van der Waals surface area contributed by atoms with E-state index in [4.69, 9.17) is 16.6 Å². The van der Waals surface area contributed by atoms with Crippen LogP contribution in [0.1, 0.15) is 5.56 Å². The largest absolute Gasteiger partial charge is 0.338 e. The third-order valence-corrected chi connectivity index (χ3v) is 4.95. The monoisotopic (exact) mass is 377 g/mol. The number of nitrogens with one attached hydrogen (secondary N) is 2. The SMILES string of the molecule is Cc1ccc(Cl)c(-c2nc3c([nH]2)-c2ccncc2Nc2ncccc2-3)c1F. The average molecular weight is 378 g/mol. The molecule has 3 aromatic heterocycles. The van der Waals surface area contributed by atoms with Crippen LogP contribution in [0.5, 0.6) is 0 Å². The zero-order valence-corrected chi connectivity index (χ0v) is 15.0. The number of imidazole rings is 1. The lowest BCUT2D eigenvalue weighted by molar-refractivity contribution is 0.621. The molecule has 0 bridgehead atoms. The predicted octanol–water partition coefficient (Wildman–Crippen LogP) is 5.36. The molecule has 4 aromatic rings. The van der Waals surface area contributed by atoms with Gasteiger partial charge in [0.1, 0.15) is 23.2 Å². The van der Waals surface area contributed by atoms with Gasteiger partial charge in [-0.1, -0.05) is 17.7 Å². The first kappa shape index (κ1) is 16.0. The summed E-state index contributed by atoms with van der Waals surface area (Å²) in [5.41, 5.74) is 4.70. The molecule has 0 saturated heterocycles. The first-order valence-electron chi connectivity index (χ1n) is 8.35. The van der Waals surface area contributed by atoms with Gasteiger partial charge in [0.25, 0.3) is 0 Å². The molecule has 1 aromatic carbocycles. The number of pyridine rings is 2. The average Bonchev–Trinajstić information content (AvgIpc) is 3.05. The number of nitrogens with zero attached hydrogens (tertiary/aromatic N) is 3. The molecule has 4 heterocycles. The van der Waals surface area contributed by atoms with E-state index in [1.165, 1.54) is 0 Å². The summed E-state index contributed by atoms with van der Waals surface area (Å²) in [6, 6.07) is 8.97. The Morgan fingerprint density at radius 1 is 1.07 bits per heavy atom.